The molecule has 3 aromatic rings. The van der Waals surface area contributed by atoms with Crippen LogP contribution in [0.4, 0.5) is 5.95 Å². The zero-order valence-electron chi connectivity index (χ0n) is 12.9. The third-order valence-electron chi connectivity index (χ3n) is 4.31. The maximum Gasteiger partial charge on any atom is 0.261 e. The van der Waals surface area contributed by atoms with Crippen LogP contribution in [0.5, 0.6) is 0 Å². The van der Waals surface area contributed by atoms with E-state index in [0.717, 1.165) is 18.4 Å². The second-order valence-corrected chi connectivity index (χ2v) is 5.96. The van der Waals surface area contributed by atoms with Crippen molar-refractivity contribution in [3.8, 4) is 0 Å². The van der Waals surface area contributed by atoms with Crippen molar-refractivity contribution in [1.82, 2.24) is 24.6 Å². The molecular weight excluding hydrogens is 292 g/mol. The van der Waals surface area contributed by atoms with Crippen LogP contribution in [0.2, 0.25) is 0 Å². The smallest absolute Gasteiger partial charge is 0.261 e. The molecule has 0 radical (unpaired) electrons. The highest BCUT2D eigenvalue weighted by Crippen LogP contribution is 2.34. The van der Waals surface area contributed by atoms with E-state index in [2.05, 4.69) is 32.4 Å². The predicted molar refractivity (Wildman–Crippen MR) is 84.4 cm³/mol. The van der Waals surface area contributed by atoms with Crippen molar-refractivity contribution in [3.63, 3.8) is 0 Å². The minimum absolute atomic E-state index is 0.270. The number of amides is 1. The summed E-state index contributed by atoms with van der Waals surface area (Å²) in [5.74, 6) is 0.444. The van der Waals surface area contributed by atoms with Crippen LogP contribution in [-0.4, -0.2) is 30.5 Å². The average molecular weight is 308 g/mol. The van der Waals surface area contributed by atoms with Gasteiger partial charge in [0.2, 0.25) is 5.95 Å². The maximum atomic E-state index is 12.6. The number of hydrogen-bond donors (Lipinski definition) is 1. The van der Waals surface area contributed by atoms with Crippen molar-refractivity contribution >= 4 is 17.5 Å². The summed E-state index contributed by atoms with van der Waals surface area (Å²) in [4.78, 5) is 20.9. The normalized spacial score (nSPS) is 16.5. The quantitative estimate of drug-likeness (QED) is 0.784. The molecule has 3 heterocycles. The zero-order valence-corrected chi connectivity index (χ0v) is 12.9. The molecule has 1 amide bonds. The minimum Gasteiger partial charge on any atom is -0.290 e. The lowest BCUT2D eigenvalue weighted by atomic mass is 10.0. The number of aromatic nitrogens is 5. The molecule has 0 saturated heterocycles. The van der Waals surface area contributed by atoms with Crippen LogP contribution in [0.15, 0.2) is 24.8 Å². The van der Waals surface area contributed by atoms with Gasteiger partial charge in [0, 0.05) is 18.1 Å². The van der Waals surface area contributed by atoms with Gasteiger partial charge in [0.15, 0.2) is 5.65 Å². The van der Waals surface area contributed by atoms with Gasteiger partial charge in [-0.2, -0.15) is 0 Å². The van der Waals surface area contributed by atoms with Crippen LogP contribution in [0.1, 0.15) is 46.4 Å². The second-order valence-electron chi connectivity index (χ2n) is 5.96. The number of hydrogen-bond acceptors (Lipinski definition) is 5. The first-order valence-corrected chi connectivity index (χ1v) is 7.59. The van der Waals surface area contributed by atoms with Crippen LogP contribution < -0.4 is 5.32 Å². The Hall–Kier alpha value is -2.83. The number of fused-ring (bicyclic) bond motifs is 3. The molecule has 0 unspecified atom stereocenters. The molecular formula is C16H16N6O. The molecule has 116 valence electrons. The van der Waals surface area contributed by atoms with E-state index < -0.39 is 0 Å². The van der Waals surface area contributed by atoms with E-state index in [0.29, 0.717) is 17.1 Å². The molecule has 0 aromatic carbocycles. The number of pyridine rings is 1. The van der Waals surface area contributed by atoms with Crippen LogP contribution in [0.25, 0.3) is 5.65 Å². The number of carbonyl (C=O) groups is 1. The topological polar surface area (TPSA) is 85.1 Å². The highest BCUT2D eigenvalue weighted by molar-refractivity contribution is 6.07. The second kappa shape index (κ2) is 5.12. The Bertz CT molecular complexity index is 899. The Morgan fingerprint density at radius 3 is 2.91 bits per heavy atom. The standard InChI is InChI=1S/C16H16N6O/c1-9-6-17-16(18-7-9)20-15(23)12-5-11-10(2)3-4-13(11)22-8-19-21-14(12)22/h5-8,10H,3-4H2,1-2H3,(H,17,18,20,23)/t10-/m1/s1. The van der Waals surface area contributed by atoms with E-state index in [4.69, 9.17) is 0 Å². The number of nitrogens with one attached hydrogen (secondary N) is 1. The van der Waals surface area contributed by atoms with Crippen LogP contribution in [0.3, 0.4) is 0 Å². The first kappa shape index (κ1) is 13.8. The number of carbonyl (C=O) groups excluding carboxylic acids is 1. The van der Waals surface area contributed by atoms with Crippen LogP contribution in [-0.2, 0) is 6.42 Å². The Morgan fingerprint density at radius 2 is 2.13 bits per heavy atom. The molecule has 4 rings (SSSR count). The highest BCUT2D eigenvalue weighted by atomic mass is 16.1. The molecule has 7 heteroatoms. The molecule has 0 spiro atoms. The Morgan fingerprint density at radius 1 is 1.35 bits per heavy atom. The first-order valence-electron chi connectivity index (χ1n) is 7.59. The number of anilines is 1. The predicted octanol–water partition coefficient (Wildman–Crippen LogP) is 2.13. The molecule has 0 fully saturated rings. The van der Waals surface area contributed by atoms with Gasteiger partial charge in [-0.1, -0.05) is 6.92 Å². The molecule has 1 aliphatic rings. The molecule has 0 saturated carbocycles. The van der Waals surface area contributed by atoms with E-state index in [1.54, 1.807) is 18.7 Å². The summed E-state index contributed by atoms with van der Waals surface area (Å²) >= 11 is 0. The van der Waals surface area contributed by atoms with Gasteiger partial charge in [-0.25, -0.2) is 9.97 Å². The summed E-state index contributed by atoms with van der Waals surface area (Å²) < 4.78 is 1.92. The Balaban J connectivity index is 1.76. The summed E-state index contributed by atoms with van der Waals surface area (Å²) in [5, 5.41) is 10.8. The molecule has 0 bridgehead atoms. The van der Waals surface area contributed by atoms with E-state index in [9.17, 15) is 4.79 Å². The van der Waals surface area contributed by atoms with Gasteiger partial charge >= 0.3 is 0 Å². The molecule has 7 nitrogen and oxygen atoms in total. The monoisotopic (exact) mass is 308 g/mol. The lowest BCUT2D eigenvalue weighted by Crippen LogP contribution is -2.16. The van der Waals surface area contributed by atoms with Gasteiger partial charge in [0.25, 0.3) is 5.91 Å². The summed E-state index contributed by atoms with van der Waals surface area (Å²) in [6.45, 7) is 4.07. The number of nitrogens with zero attached hydrogens (tertiary/aromatic N) is 5. The van der Waals surface area contributed by atoms with Crippen molar-refractivity contribution in [2.45, 2.75) is 32.6 Å². The first-order chi connectivity index (χ1) is 11.1. The third kappa shape index (κ3) is 2.25. The van der Waals surface area contributed by atoms with Gasteiger partial charge in [-0.3, -0.25) is 14.5 Å². The number of aryl methyl sites for hydroxylation is 2. The number of rotatable bonds is 2. The summed E-state index contributed by atoms with van der Waals surface area (Å²) in [7, 11) is 0. The van der Waals surface area contributed by atoms with Crippen molar-refractivity contribution < 1.29 is 4.79 Å². The van der Waals surface area contributed by atoms with Gasteiger partial charge in [0.05, 0.1) is 5.56 Å². The van der Waals surface area contributed by atoms with E-state index in [-0.39, 0.29) is 11.9 Å². The Kier molecular flexibility index (Phi) is 3.07. The van der Waals surface area contributed by atoms with E-state index >= 15 is 0 Å². The summed E-state index contributed by atoms with van der Waals surface area (Å²) in [6, 6.07) is 1.93. The molecule has 1 aliphatic carbocycles. The van der Waals surface area contributed by atoms with Gasteiger partial charge in [-0.05, 0) is 42.9 Å². The fourth-order valence-electron chi connectivity index (χ4n) is 3.05. The van der Waals surface area contributed by atoms with Crippen molar-refractivity contribution in [2.75, 3.05) is 5.32 Å². The van der Waals surface area contributed by atoms with Gasteiger partial charge < -0.3 is 0 Å². The van der Waals surface area contributed by atoms with Gasteiger partial charge in [0.1, 0.15) is 6.33 Å². The minimum atomic E-state index is -0.270. The van der Waals surface area contributed by atoms with Crippen molar-refractivity contribution in [1.29, 1.82) is 0 Å². The van der Waals surface area contributed by atoms with Crippen LogP contribution in [0, 0.1) is 6.92 Å². The van der Waals surface area contributed by atoms with Crippen molar-refractivity contribution in [3.05, 3.63) is 47.2 Å². The largest absolute Gasteiger partial charge is 0.290 e. The molecule has 3 aromatic heterocycles. The molecule has 1 N–H and O–H groups in total. The van der Waals surface area contributed by atoms with E-state index in [1.165, 1.54) is 11.3 Å². The van der Waals surface area contributed by atoms with Crippen molar-refractivity contribution in [2.24, 2.45) is 0 Å². The average Bonchev–Trinajstić information content (AvgIpc) is 3.15. The third-order valence-corrected chi connectivity index (χ3v) is 4.31. The van der Waals surface area contributed by atoms with E-state index in [1.807, 2.05) is 17.4 Å². The molecule has 0 aliphatic heterocycles. The lowest BCUT2D eigenvalue weighted by Gasteiger charge is -2.10. The SMILES string of the molecule is Cc1cnc(NC(=O)c2cc3c(n4cnnc24)CC[C@H]3C)nc1. The fraction of sp³-hybridized carbons (Fsp3) is 0.312. The summed E-state index contributed by atoms with van der Waals surface area (Å²) in [6.07, 6.45) is 7.06. The molecule has 23 heavy (non-hydrogen) atoms. The zero-order chi connectivity index (χ0) is 16.0. The fourth-order valence-corrected chi connectivity index (χ4v) is 3.05. The summed E-state index contributed by atoms with van der Waals surface area (Å²) in [5.41, 5.74) is 4.39. The van der Waals surface area contributed by atoms with Gasteiger partial charge in [-0.15, -0.1) is 10.2 Å². The maximum absolute atomic E-state index is 12.6. The highest BCUT2D eigenvalue weighted by Gasteiger charge is 2.25. The van der Waals surface area contributed by atoms with Crippen LogP contribution >= 0.6 is 0 Å². The lowest BCUT2D eigenvalue weighted by molar-refractivity contribution is 0.102. The Labute approximate surface area is 132 Å². The molecule has 1 atom stereocenters.